The van der Waals surface area contributed by atoms with E-state index in [-0.39, 0.29) is 11.5 Å². The Morgan fingerprint density at radius 2 is 2.00 bits per heavy atom. The van der Waals surface area contributed by atoms with E-state index in [1.807, 2.05) is 0 Å². The van der Waals surface area contributed by atoms with Gasteiger partial charge in [0.25, 0.3) is 0 Å². The molecule has 2 aliphatic carbocycles. The Morgan fingerprint density at radius 1 is 1.25 bits per heavy atom. The molecule has 1 fully saturated rings. The Balaban J connectivity index is 1.90. The molecule has 0 spiro atoms. The van der Waals surface area contributed by atoms with Crippen molar-refractivity contribution < 1.29 is 19.1 Å². The van der Waals surface area contributed by atoms with Crippen LogP contribution in [-0.4, -0.2) is 17.5 Å². The van der Waals surface area contributed by atoms with Crippen LogP contribution in [0.2, 0.25) is 0 Å². The largest absolute Gasteiger partial charge is 0.422 e. The van der Waals surface area contributed by atoms with Crippen LogP contribution in [0.25, 0.3) is 0 Å². The van der Waals surface area contributed by atoms with Crippen LogP contribution in [0.5, 0.6) is 0 Å². The summed E-state index contributed by atoms with van der Waals surface area (Å²) in [4.78, 5) is 34.6. The third-order valence-electron chi connectivity index (χ3n) is 4.18. The molecule has 0 aromatic carbocycles. The third kappa shape index (κ3) is 3.65. The lowest BCUT2D eigenvalue weighted by Crippen LogP contribution is -2.25. The van der Waals surface area contributed by atoms with E-state index >= 15 is 0 Å². The van der Waals surface area contributed by atoms with E-state index in [0.717, 1.165) is 31.4 Å². The third-order valence-corrected chi connectivity index (χ3v) is 4.18. The molecule has 3 unspecified atom stereocenters. The fraction of sp³-hybridized carbons (Fsp3) is 0.562. The summed E-state index contributed by atoms with van der Waals surface area (Å²) >= 11 is 0. The average Bonchev–Trinajstić information content (AvgIpc) is 2.37. The topological polar surface area (TPSA) is 60.4 Å². The molecule has 0 aliphatic heterocycles. The summed E-state index contributed by atoms with van der Waals surface area (Å²) in [5, 5.41) is 0. The lowest BCUT2D eigenvalue weighted by Gasteiger charge is -2.31. The number of ketones is 2. The van der Waals surface area contributed by atoms with Crippen LogP contribution in [0.4, 0.5) is 0 Å². The summed E-state index contributed by atoms with van der Waals surface area (Å²) < 4.78 is 5.05. The van der Waals surface area contributed by atoms with Crippen LogP contribution in [0.15, 0.2) is 24.0 Å². The zero-order valence-corrected chi connectivity index (χ0v) is 11.9. The van der Waals surface area contributed by atoms with Gasteiger partial charge in [-0.25, -0.2) is 0 Å². The van der Waals surface area contributed by atoms with Gasteiger partial charge in [0.1, 0.15) is 0 Å². The Morgan fingerprint density at radius 3 is 2.70 bits per heavy atom. The van der Waals surface area contributed by atoms with E-state index in [2.05, 4.69) is 13.8 Å². The molecule has 0 N–H and O–H groups in total. The second-order valence-corrected chi connectivity index (χ2v) is 5.94. The van der Waals surface area contributed by atoms with Crippen molar-refractivity contribution in [1.82, 2.24) is 0 Å². The van der Waals surface area contributed by atoms with Crippen molar-refractivity contribution in [3.8, 4) is 0 Å². The molecule has 0 amide bonds. The standard InChI is InChI=1S/C16H20O4/c1-10-3-4-12(11(2)7-10)8-16(19)20-15-9-13(17)5-6-14(15)18/h5-6,9-12H,3-4,7-8H2,1-2H3. The zero-order chi connectivity index (χ0) is 14.7. The smallest absolute Gasteiger partial charge is 0.311 e. The number of carbonyl (C=O) groups is 3. The molecular formula is C16H20O4. The molecule has 3 atom stereocenters. The van der Waals surface area contributed by atoms with Gasteiger partial charge in [0.15, 0.2) is 11.5 Å². The minimum atomic E-state index is -0.428. The zero-order valence-electron chi connectivity index (χ0n) is 11.9. The first-order chi connectivity index (χ1) is 9.45. The van der Waals surface area contributed by atoms with E-state index in [0.29, 0.717) is 24.2 Å². The van der Waals surface area contributed by atoms with E-state index in [4.69, 9.17) is 4.74 Å². The molecule has 0 aromatic heterocycles. The van der Waals surface area contributed by atoms with Crippen molar-refractivity contribution in [2.24, 2.45) is 17.8 Å². The summed E-state index contributed by atoms with van der Waals surface area (Å²) in [6.45, 7) is 4.39. The number of allylic oxidation sites excluding steroid dienone is 3. The normalized spacial score (nSPS) is 30.1. The first kappa shape index (κ1) is 14.7. The van der Waals surface area contributed by atoms with Gasteiger partial charge >= 0.3 is 5.97 Å². The van der Waals surface area contributed by atoms with Crippen LogP contribution in [0, 0.1) is 17.8 Å². The maximum Gasteiger partial charge on any atom is 0.311 e. The minimum absolute atomic E-state index is 0.153. The van der Waals surface area contributed by atoms with Crippen LogP contribution >= 0.6 is 0 Å². The monoisotopic (exact) mass is 276 g/mol. The Labute approximate surface area is 118 Å². The van der Waals surface area contributed by atoms with Crippen molar-refractivity contribution in [2.75, 3.05) is 0 Å². The molecule has 0 bridgehead atoms. The molecular weight excluding hydrogens is 256 g/mol. The van der Waals surface area contributed by atoms with Gasteiger partial charge in [0, 0.05) is 12.5 Å². The van der Waals surface area contributed by atoms with Crippen molar-refractivity contribution in [2.45, 2.75) is 39.5 Å². The van der Waals surface area contributed by atoms with Gasteiger partial charge in [-0.15, -0.1) is 0 Å². The van der Waals surface area contributed by atoms with Crippen molar-refractivity contribution in [1.29, 1.82) is 0 Å². The van der Waals surface area contributed by atoms with E-state index in [1.165, 1.54) is 6.08 Å². The number of esters is 1. The summed E-state index contributed by atoms with van der Waals surface area (Å²) in [5.41, 5.74) is 0. The fourth-order valence-corrected chi connectivity index (χ4v) is 2.98. The van der Waals surface area contributed by atoms with Gasteiger partial charge < -0.3 is 4.74 Å². The highest BCUT2D eigenvalue weighted by Crippen LogP contribution is 2.35. The van der Waals surface area contributed by atoms with Crippen LogP contribution in [0.3, 0.4) is 0 Å². The second-order valence-electron chi connectivity index (χ2n) is 5.94. The number of rotatable bonds is 3. The number of hydrogen-bond donors (Lipinski definition) is 0. The maximum atomic E-state index is 11.9. The van der Waals surface area contributed by atoms with E-state index < -0.39 is 11.8 Å². The lowest BCUT2D eigenvalue weighted by molar-refractivity contribution is -0.143. The molecule has 4 heteroatoms. The molecule has 2 aliphatic rings. The molecule has 0 saturated heterocycles. The van der Waals surface area contributed by atoms with Crippen molar-refractivity contribution in [3.05, 3.63) is 24.0 Å². The molecule has 0 heterocycles. The van der Waals surface area contributed by atoms with Crippen LogP contribution in [-0.2, 0) is 19.1 Å². The van der Waals surface area contributed by atoms with Gasteiger partial charge in [-0.2, -0.15) is 0 Å². The molecule has 0 radical (unpaired) electrons. The second kappa shape index (κ2) is 6.16. The highest BCUT2D eigenvalue weighted by Gasteiger charge is 2.28. The molecule has 108 valence electrons. The summed E-state index contributed by atoms with van der Waals surface area (Å²) in [5.74, 6) is 0.185. The number of carbonyl (C=O) groups excluding carboxylic acids is 3. The van der Waals surface area contributed by atoms with E-state index in [1.54, 1.807) is 0 Å². The van der Waals surface area contributed by atoms with Crippen LogP contribution in [0.1, 0.15) is 39.5 Å². The molecule has 20 heavy (non-hydrogen) atoms. The molecule has 0 aromatic rings. The molecule has 2 rings (SSSR count). The van der Waals surface area contributed by atoms with Crippen molar-refractivity contribution in [3.63, 3.8) is 0 Å². The first-order valence-corrected chi connectivity index (χ1v) is 7.14. The predicted octanol–water partition coefficient (Wildman–Crippen LogP) is 2.58. The summed E-state index contributed by atoms with van der Waals surface area (Å²) in [6, 6.07) is 0. The van der Waals surface area contributed by atoms with E-state index in [9.17, 15) is 14.4 Å². The highest BCUT2D eigenvalue weighted by atomic mass is 16.5. The van der Waals surface area contributed by atoms with Crippen LogP contribution < -0.4 is 0 Å². The SMILES string of the molecule is CC1CCC(CC(=O)OC2=CC(=O)C=CC2=O)C(C)C1. The Hall–Kier alpha value is -1.71. The fourth-order valence-electron chi connectivity index (χ4n) is 2.98. The highest BCUT2D eigenvalue weighted by molar-refractivity contribution is 6.16. The number of ether oxygens (including phenoxy) is 1. The quantitative estimate of drug-likeness (QED) is 0.587. The summed E-state index contributed by atoms with van der Waals surface area (Å²) in [7, 11) is 0. The Kier molecular flexibility index (Phi) is 4.53. The van der Waals surface area contributed by atoms with Gasteiger partial charge in [0.2, 0.25) is 5.78 Å². The lowest BCUT2D eigenvalue weighted by atomic mass is 9.74. The molecule has 1 saturated carbocycles. The molecule has 4 nitrogen and oxygen atoms in total. The summed E-state index contributed by atoms with van der Waals surface area (Å²) in [6.07, 6.45) is 6.97. The first-order valence-electron chi connectivity index (χ1n) is 7.14. The van der Waals surface area contributed by atoms with Gasteiger partial charge in [-0.05, 0) is 42.7 Å². The van der Waals surface area contributed by atoms with Gasteiger partial charge in [-0.3, -0.25) is 14.4 Å². The Bertz CT molecular complexity index is 487. The van der Waals surface area contributed by atoms with Gasteiger partial charge in [0.05, 0.1) is 0 Å². The minimum Gasteiger partial charge on any atom is -0.422 e. The maximum absolute atomic E-state index is 11.9. The average molecular weight is 276 g/mol. The predicted molar refractivity (Wildman–Crippen MR) is 73.6 cm³/mol. The number of hydrogen-bond acceptors (Lipinski definition) is 4. The van der Waals surface area contributed by atoms with Gasteiger partial charge in [-0.1, -0.05) is 20.3 Å². The van der Waals surface area contributed by atoms with Crippen molar-refractivity contribution >= 4 is 17.5 Å².